The molecule has 0 spiro atoms. The number of rotatable bonds is 12. The quantitative estimate of drug-likeness (QED) is 0.285. The van der Waals surface area contributed by atoms with Gasteiger partial charge in [-0.3, -0.25) is 9.59 Å². The standard InChI is InChI=1S/C22H18N6O2S5/c23-9-11-31-17-7-3-1-5-15(17)25-19(29)13-33-21-27-28-22(35-21)34-14-20(30)26-16-6-2-4-8-18(16)32-12-10-24/h1-8H,11-14H2,(H,25,29)(H,26,30). The van der Waals surface area contributed by atoms with Gasteiger partial charge in [-0.1, -0.05) is 59.1 Å². The van der Waals surface area contributed by atoms with Crippen LogP contribution in [0, 0.1) is 22.7 Å². The number of anilines is 2. The second kappa shape index (κ2) is 14.7. The van der Waals surface area contributed by atoms with E-state index in [1.165, 1.54) is 58.4 Å². The summed E-state index contributed by atoms with van der Waals surface area (Å²) in [6.07, 6.45) is 0. The molecule has 0 saturated heterocycles. The predicted octanol–water partition coefficient (Wildman–Crippen LogP) is 5.23. The van der Waals surface area contributed by atoms with Crippen molar-refractivity contribution < 1.29 is 9.59 Å². The van der Waals surface area contributed by atoms with Gasteiger partial charge in [0.1, 0.15) is 0 Å². The summed E-state index contributed by atoms with van der Waals surface area (Å²) in [5.41, 5.74) is 1.34. The average molecular weight is 559 g/mol. The Morgan fingerprint density at radius 2 is 1.17 bits per heavy atom. The van der Waals surface area contributed by atoms with E-state index < -0.39 is 0 Å². The Hall–Kier alpha value is -2.68. The van der Waals surface area contributed by atoms with E-state index in [1.54, 1.807) is 12.1 Å². The first-order valence-electron chi connectivity index (χ1n) is 9.95. The minimum Gasteiger partial charge on any atom is -0.324 e. The number of nitriles is 2. The van der Waals surface area contributed by atoms with Gasteiger partial charge in [0.2, 0.25) is 11.8 Å². The SMILES string of the molecule is N#CCSc1ccccc1NC(=O)CSc1nnc(SCC(=O)Nc2ccccc2SCC#N)s1. The molecule has 178 valence electrons. The second-order valence-electron chi connectivity index (χ2n) is 6.39. The molecular formula is C22H18N6O2S5. The first-order valence-corrected chi connectivity index (χ1v) is 14.7. The molecule has 2 N–H and O–H groups in total. The topological polar surface area (TPSA) is 132 Å². The molecule has 3 rings (SSSR count). The molecule has 0 atom stereocenters. The normalized spacial score (nSPS) is 10.2. The molecule has 1 heterocycles. The monoisotopic (exact) mass is 558 g/mol. The van der Waals surface area contributed by atoms with E-state index >= 15 is 0 Å². The fourth-order valence-corrected chi connectivity index (χ4v) is 6.51. The Morgan fingerprint density at radius 1 is 0.743 bits per heavy atom. The minimum absolute atomic E-state index is 0.161. The number of hydrogen-bond donors (Lipinski definition) is 2. The molecule has 3 aromatic rings. The summed E-state index contributed by atoms with van der Waals surface area (Å²) in [7, 11) is 0. The molecule has 2 amide bonds. The lowest BCUT2D eigenvalue weighted by atomic mass is 10.3. The zero-order valence-corrected chi connectivity index (χ0v) is 22.2. The van der Waals surface area contributed by atoms with Crippen molar-refractivity contribution in [3.8, 4) is 12.1 Å². The van der Waals surface area contributed by atoms with Crippen LogP contribution in [0.15, 0.2) is 67.0 Å². The third-order valence-corrected chi connectivity index (χ3v) is 9.02. The zero-order chi connectivity index (χ0) is 24.9. The highest BCUT2D eigenvalue weighted by molar-refractivity contribution is 8.03. The largest absolute Gasteiger partial charge is 0.324 e. The van der Waals surface area contributed by atoms with Gasteiger partial charge in [-0.2, -0.15) is 10.5 Å². The van der Waals surface area contributed by atoms with Gasteiger partial charge in [0, 0.05) is 9.79 Å². The van der Waals surface area contributed by atoms with E-state index in [0.29, 0.717) is 31.6 Å². The molecule has 35 heavy (non-hydrogen) atoms. The molecule has 0 aliphatic rings. The first-order chi connectivity index (χ1) is 17.1. The lowest BCUT2D eigenvalue weighted by Gasteiger charge is -2.09. The number of thioether (sulfide) groups is 4. The average Bonchev–Trinajstić information content (AvgIpc) is 3.33. The van der Waals surface area contributed by atoms with Crippen LogP contribution < -0.4 is 10.6 Å². The van der Waals surface area contributed by atoms with Crippen LogP contribution in [0.1, 0.15) is 0 Å². The maximum atomic E-state index is 12.4. The number of hydrogen-bond acceptors (Lipinski definition) is 11. The fourth-order valence-electron chi connectivity index (χ4n) is 2.55. The summed E-state index contributed by atoms with van der Waals surface area (Å²) in [5, 5.41) is 31.5. The van der Waals surface area contributed by atoms with E-state index in [-0.39, 0.29) is 23.3 Å². The summed E-state index contributed by atoms with van der Waals surface area (Å²) in [6, 6.07) is 18.8. The van der Waals surface area contributed by atoms with E-state index in [2.05, 4.69) is 33.0 Å². The van der Waals surface area contributed by atoms with Crippen LogP contribution in [-0.4, -0.2) is 45.0 Å². The van der Waals surface area contributed by atoms with Crippen molar-refractivity contribution in [2.75, 3.05) is 33.6 Å². The lowest BCUT2D eigenvalue weighted by molar-refractivity contribution is -0.114. The second-order valence-corrected chi connectivity index (χ2v) is 11.9. The number of benzene rings is 2. The van der Waals surface area contributed by atoms with Gasteiger partial charge in [-0.25, -0.2) is 0 Å². The number of para-hydroxylation sites is 2. The molecule has 0 aliphatic carbocycles. The maximum absolute atomic E-state index is 12.4. The first kappa shape index (κ1) is 26.9. The Bertz CT molecular complexity index is 1160. The van der Waals surface area contributed by atoms with Crippen LogP contribution >= 0.6 is 58.4 Å². The predicted molar refractivity (Wildman–Crippen MR) is 144 cm³/mol. The molecule has 2 aromatic carbocycles. The molecular weight excluding hydrogens is 541 g/mol. The third-order valence-electron chi connectivity index (χ3n) is 3.95. The highest BCUT2D eigenvalue weighted by atomic mass is 32.2. The van der Waals surface area contributed by atoms with Crippen LogP contribution in [0.4, 0.5) is 11.4 Å². The van der Waals surface area contributed by atoms with Crippen LogP contribution in [0.2, 0.25) is 0 Å². The fraction of sp³-hybridized carbons (Fsp3) is 0.182. The molecule has 0 fully saturated rings. The zero-order valence-electron chi connectivity index (χ0n) is 18.1. The Morgan fingerprint density at radius 3 is 1.60 bits per heavy atom. The summed E-state index contributed by atoms with van der Waals surface area (Å²) in [6.45, 7) is 0. The van der Waals surface area contributed by atoms with E-state index in [4.69, 9.17) is 10.5 Å². The number of nitrogens with zero attached hydrogens (tertiary/aromatic N) is 4. The number of amides is 2. The Kier molecular flexibility index (Phi) is 11.3. The van der Waals surface area contributed by atoms with Crippen molar-refractivity contribution in [2.45, 2.75) is 18.5 Å². The van der Waals surface area contributed by atoms with Gasteiger partial charge in [-0.15, -0.1) is 33.7 Å². The van der Waals surface area contributed by atoms with Crippen molar-refractivity contribution in [3.05, 3.63) is 48.5 Å². The molecule has 13 heteroatoms. The van der Waals surface area contributed by atoms with Crippen molar-refractivity contribution in [2.24, 2.45) is 0 Å². The number of carbonyl (C=O) groups excluding carboxylic acids is 2. The van der Waals surface area contributed by atoms with Crippen molar-refractivity contribution >= 4 is 81.6 Å². The molecule has 1 aromatic heterocycles. The minimum atomic E-state index is -0.184. The molecule has 0 aliphatic heterocycles. The van der Waals surface area contributed by atoms with Gasteiger partial charge in [0.25, 0.3) is 0 Å². The summed E-state index contributed by atoms with van der Waals surface area (Å²) >= 11 is 6.59. The summed E-state index contributed by atoms with van der Waals surface area (Å²) in [5.74, 6) is 0.561. The number of aromatic nitrogens is 2. The third kappa shape index (κ3) is 9.12. The van der Waals surface area contributed by atoms with Crippen molar-refractivity contribution in [3.63, 3.8) is 0 Å². The highest BCUT2D eigenvalue weighted by Crippen LogP contribution is 2.31. The van der Waals surface area contributed by atoms with Crippen LogP contribution in [-0.2, 0) is 9.59 Å². The van der Waals surface area contributed by atoms with Gasteiger partial charge >= 0.3 is 0 Å². The maximum Gasteiger partial charge on any atom is 0.234 e. The molecule has 0 unspecified atom stereocenters. The van der Waals surface area contributed by atoms with E-state index in [1.807, 2.05) is 36.4 Å². The lowest BCUT2D eigenvalue weighted by Crippen LogP contribution is -2.14. The van der Waals surface area contributed by atoms with Gasteiger partial charge in [0.05, 0.1) is 46.5 Å². The van der Waals surface area contributed by atoms with E-state index in [0.717, 1.165) is 9.79 Å². The highest BCUT2D eigenvalue weighted by Gasteiger charge is 2.13. The van der Waals surface area contributed by atoms with Gasteiger partial charge in [-0.05, 0) is 24.3 Å². The Labute approximate surface area is 223 Å². The van der Waals surface area contributed by atoms with Crippen LogP contribution in [0.25, 0.3) is 0 Å². The number of nitrogens with one attached hydrogen (secondary N) is 2. The molecule has 0 bridgehead atoms. The van der Waals surface area contributed by atoms with Gasteiger partial charge in [0.15, 0.2) is 8.68 Å². The molecule has 0 saturated carbocycles. The van der Waals surface area contributed by atoms with Gasteiger partial charge < -0.3 is 10.6 Å². The van der Waals surface area contributed by atoms with Crippen LogP contribution in [0.3, 0.4) is 0 Å². The smallest absolute Gasteiger partial charge is 0.234 e. The summed E-state index contributed by atoms with van der Waals surface area (Å²) < 4.78 is 1.27. The van der Waals surface area contributed by atoms with Crippen LogP contribution in [0.5, 0.6) is 0 Å². The summed E-state index contributed by atoms with van der Waals surface area (Å²) in [4.78, 5) is 26.4. The Balaban J connectivity index is 1.45. The van der Waals surface area contributed by atoms with E-state index in [9.17, 15) is 9.59 Å². The number of carbonyl (C=O) groups is 2. The van der Waals surface area contributed by atoms with Crippen molar-refractivity contribution in [1.29, 1.82) is 10.5 Å². The molecule has 8 nitrogen and oxygen atoms in total. The van der Waals surface area contributed by atoms with Crippen molar-refractivity contribution in [1.82, 2.24) is 10.2 Å². The molecule has 0 radical (unpaired) electrons.